The van der Waals surface area contributed by atoms with E-state index in [-0.39, 0.29) is 5.91 Å². The third-order valence-electron chi connectivity index (χ3n) is 3.29. The Kier molecular flexibility index (Phi) is 5.23. The SMILES string of the molecule is CN(C)c1ccc(Cl)cc1NC(=O)CN1CCNCC1. The average Bonchev–Trinajstić information content (AvgIpc) is 2.39. The second kappa shape index (κ2) is 6.92. The van der Waals surface area contributed by atoms with E-state index in [1.807, 2.05) is 31.1 Å². The average molecular weight is 297 g/mol. The van der Waals surface area contributed by atoms with Crippen molar-refractivity contribution in [2.75, 3.05) is 57.0 Å². The molecule has 1 fully saturated rings. The summed E-state index contributed by atoms with van der Waals surface area (Å²) >= 11 is 6.01. The lowest BCUT2D eigenvalue weighted by atomic mass is 10.2. The Morgan fingerprint density at radius 3 is 2.75 bits per heavy atom. The lowest BCUT2D eigenvalue weighted by molar-refractivity contribution is -0.117. The van der Waals surface area contributed by atoms with Crippen LogP contribution in [0.2, 0.25) is 5.02 Å². The van der Waals surface area contributed by atoms with Gasteiger partial charge in [-0.15, -0.1) is 0 Å². The molecule has 1 aliphatic heterocycles. The molecule has 5 nitrogen and oxygen atoms in total. The lowest BCUT2D eigenvalue weighted by Crippen LogP contribution is -2.46. The summed E-state index contributed by atoms with van der Waals surface area (Å²) < 4.78 is 0. The number of rotatable bonds is 4. The van der Waals surface area contributed by atoms with Crippen LogP contribution in [0.25, 0.3) is 0 Å². The molecule has 0 radical (unpaired) electrons. The number of carbonyl (C=O) groups is 1. The molecule has 0 bridgehead atoms. The minimum atomic E-state index is -0.00253. The number of nitrogens with one attached hydrogen (secondary N) is 2. The van der Waals surface area contributed by atoms with E-state index in [9.17, 15) is 4.79 Å². The zero-order valence-corrected chi connectivity index (χ0v) is 12.7. The zero-order chi connectivity index (χ0) is 14.5. The smallest absolute Gasteiger partial charge is 0.238 e. The molecule has 20 heavy (non-hydrogen) atoms. The monoisotopic (exact) mass is 296 g/mol. The molecule has 6 heteroatoms. The number of hydrogen-bond acceptors (Lipinski definition) is 4. The lowest BCUT2D eigenvalue weighted by Gasteiger charge is -2.26. The number of hydrogen-bond donors (Lipinski definition) is 2. The summed E-state index contributed by atoms with van der Waals surface area (Å²) in [4.78, 5) is 16.2. The molecule has 1 heterocycles. The third kappa shape index (κ3) is 4.10. The molecule has 1 amide bonds. The molecule has 1 saturated heterocycles. The summed E-state index contributed by atoms with van der Waals surface area (Å²) in [5.74, 6) is -0.00253. The van der Waals surface area contributed by atoms with Crippen LogP contribution in [0.5, 0.6) is 0 Å². The number of amides is 1. The van der Waals surface area contributed by atoms with E-state index in [2.05, 4.69) is 15.5 Å². The number of carbonyl (C=O) groups excluding carboxylic acids is 1. The minimum absolute atomic E-state index is 0.00253. The fourth-order valence-corrected chi connectivity index (χ4v) is 2.43. The van der Waals surface area contributed by atoms with Gasteiger partial charge in [0.1, 0.15) is 0 Å². The molecule has 2 N–H and O–H groups in total. The van der Waals surface area contributed by atoms with Gasteiger partial charge in [0.2, 0.25) is 5.91 Å². The molecule has 1 aliphatic rings. The first kappa shape index (κ1) is 15.1. The van der Waals surface area contributed by atoms with E-state index < -0.39 is 0 Å². The van der Waals surface area contributed by atoms with Gasteiger partial charge in [-0.05, 0) is 18.2 Å². The fourth-order valence-electron chi connectivity index (χ4n) is 2.26. The Morgan fingerprint density at radius 1 is 1.40 bits per heavy atom. The summed E-state index contributed by atoms with van der Waals surface area (Å²) in [6.07, 6.45) is 0. The van der Waals surface area contributed by atoms with Crippen LogP contribution in [0.3, 0.4) is 0 Å². The van der Waals surface area contributed by atoms with Crippen LogP contribution in [0, 0.1) is 0 Å². The van der Waals surface area contributed by atoms with E-state index in [0.717, 1.165) is 37.6 Å². The van der Waals surface area contributed by atoms with Crippen LogP contribution in [-0.2, 0) is 4.79 Å². The second-order valence-electron chi connectivity index (χ2n) is 5.13. The van der Waals surface area contributed by atoms with Crippen LogP contribution in [0.15, 0.2) is 18.2 Å². The van der Waals surface area contributed by atoms with Gasteiger partial charge in [0.05, 0.1) is 17.9 Å². The topological polar surface area (TPSA) is 47.6 Å². The molecule has 2 rings (SSSR count). The van der Waals surface area contributed by atoms with Gasteiger partial charge < -0.3 is 15.5 Å². The summed E-state index contributed by atoms with van der Waals surface area (Å²) in [5.41, 5.74) is 1.70. The van der Waals surface area contributed by atoms with Gasteiger partial charge in [0.25, 0.3) is 0 Å². The maximum absolute atomic E-state index is 12.1. The second-order valence-corrected chi connectivity index (χ2v) is 5.57. The quantitative estimate of drug-likeness (QED) is 0.878. The molecule has 0 aromatic heterocycles. The van der Waals surface area contributed by atoms with Crippen LogP contribution >= 0.6 is 11.6 Å². The highest BCUT2D eigenvalue weighted by atomic mass is 35.5. The highest BCUT2D eigenvalue weighted by Crippen LogP contribution is 2.27. The molecule has 0 atom stereocenters. The summed E-state index contributed by atoms with van der Waals surface area (Å²) in [5, 5.41) is 6.84. The largest absolute Gasteiger partial charge is 0.376 e. The van der Waals surface area contributed by atoms with E-state index in [1.165, 1.54) is 0 Å². The molecule has 0 unspecified atom stereocenters. The van der Waals surface area contributed by atoms with Crippen molar-refractivity contribution in [2.45, 2.75) is 0 Å². The van der Waals surface area contributed by atoms with Crippen LogP contribution < -0.4 is 15.5 Å². The van der Waals surface area contributed by atoms with E-state index in [1.54, 1.807) is 6.07 Å². The fraction of sp³-hybridized carbons (Fsp3) is 0.500. The summed E-state index contributed by atoms with van der Waals surface area (Å²) in [7, 11) is 3.88. The molecule has 0 spiro atoms. The van der Waals surface area contributed by atoms with Crippen molar-refractivity contribution in [1.29, 1.82) is 0 Å². The summed E-state index contributed by atoms with van der Waals surface area (Å²) in [6.45, 7) is 4.11. The van der Waals surface area contributed by atoms with Crippen molar-refractivity contribution in [3.8, 4) is 0 Å². The van der Waals surface area contributed by atoms with Gasteiger partial charge in [-0.2, -0.15) is 0 Å². The first-order valence-electron chi connectivity index (χ1n) is 6.76. The highest BCUT2D eigenvalue weighted by Gasteiger charge is 2.15. The van der Waals surface area contributed by atoms with Crippen LogP contribution in [0.1, 0.15) is 0 Å². The Hall–Kier alpha value is -1.30. The van der Waals surface area contributed by atoms with Crippen molar-refractivity contribution < 1.29 is 4.79 Å². The molecule has 1 aromatic carbocycles. The zero-order valence-electron chi connectivity index (χ0n) is 11.9. The Labute approximate surface area is 124 Å². The van der Waals surface area contributed by atoms with Crippen molar-refractivity contribution >= 4 is 28.9 Å². The first-order valence-corrected chi connectivity index (χ1v) is 7.14. The van der Waals surface area contributed by atoms with Crippen molar-refractivity contribution in [3.05, 3.63) is 23.2 Å². The molecular formula is C14H21ClN4O. The van der Waals surface area contributed by atoms with Gasteiger partial charge in [0.15, 0.2) is 0 Å². The molecular weight excluding hydrogens is 276 g/mol. The van der Waals surface area contributed by atoms with Crippen LogP contribution in [-0.4, -0.2) is 57.6 Å². The molecule has 0 saturated carbocycles. The first-order chi connectivity index (χ1) is 9.56. The van der Waals surface area contributed by atoms with Gasteiger partial charge in [0, 0.05) is 45.3 Å². The van der Waals surface area contributed by atoms with Gasteiger partial charge in [-0.25, -0.2) is 0 Å². The predicted octanol–water partition coefficient (Wildman–Crippen LogP) is 1.25. The summed E-state index contributed by atoms with van der Waals surface area (Å²) in [6, 6.07) is 5.51. The predicted molar refractivity (Wildman–Crippen MR) is 83.7 cm³/mol. The van der Waals surface area contributed by atoms with Crippen molar-refractivity contribution in [2.24, 2.45) is 0 Å². The Bertz CT molecular complexity index is 472. The van der Waals surface area contributed by atoms with Gasteiger partial charge in [-0.1, -0.05) is 11.6 Å². The Morgan fingerprint density at radius 2 is 2.10 bits per heavy atom. The highest BCUT2D eigenvalue weighted by molar-refractivity contribution is 6.31. The Balaban J connectivity index is 2.01. The van der Waals surface area contributed by atoms with E-state index in [0.29, 0.717) is 11.6 Å². The van der Waals surface area contributed by atoms with E-state index in [4.69, 9.17) is 11.6 Å². The van der Waals surface area contributed by atoms with Gasteiger partial charge in [-0.3, -0.25) is 9.69 Å². The third-order valence-corrected chi connectivity index (χ3v) is 3.53. The number of benzene rings is 1. The van der Waals surface area contributed by atoms with Crippen molar-refractivity contribution in [1.82, 2.24) is 10.2 Å². The minimum Gasteiger partial charge on any atom is -0.376 e. The van der Waals surface area contributed by atoms with Crippen LogP contribution in [0.4, 0.5) is 11.4 Å². The molecule has 1 aromatic rings. The molecule has 110 valence electrons. The van der Waals surface area contributed by atoms with E-state index >= 15 is 0 Å². The van der Waals surface area contributed by atoms with Gasteiger partial charge >= 0.3 is 0 Å². The number of anilines is 2. The number of nitrogens with zero attached hydrogens (tertiary/aromatic N) is 2. The number of halogens is 1. The number of piperazine rings is 1. The molecule has 0 aliphatic carbocycles. The maximum atomic E-state index is 12.1. The maximum Gasteiger partial charge on any atom is 0.238 e. The van der Waals surface area contributed by atoms with Crippen molar-refractivity contribution in [3.63, 3.8) is 0 Å². The standard InChI is InChI=1S/C14H21ClN4O/c1-18(2)13-4-3-11(15)9-12(13)17-14(20)10-19-7-5-16-6-8-19/h3-4,9,16H,5-8,10H2,1-2H3,(H,17,20). The normalized spacial score (nSPS) is 15.9.